The molecule has 0 amide bonds. The molecule has 6 nitrogen and oxygen atoms in total. The third-order valence-corrected chi connectivity index (χ3v) is 6.20. The summed E-state index contributed by atoms with van der Waals surface area (Å²) in [6.07, 6.45) is 3.22. The highest BCUT2D eigenvalue weighted by Gasteiger charge is 2.38. The van der Waals surface area contributed by atoms with Crippen molar-refractivity contribution in [2.75, 3.05) is 13.1 Å². The lowest BCUT2D eigenvalue weighted by Gasteiger charge is -2.42. The molecule has 2 N–H and O–H groups in total. The maximum Gasteiger partial charge on any atom is 0.317 e. The normalized spacial score (nSPS) is 23.5. The molecule has 0 aliphatic heterocycles. The van der Waals surface area contributed by atoms with Crippen molar-refractivity contribution in [3.63, 3.8) is 0 Å². The molecule has 0 atom stereocenters. The number of aliphatic carboxylic acids is 1. The minimum Gasteiger partial charge on any atom is -0.480 e. The molecule has 1 aromatic carbocycles. The fourth-order valence-corrected chi connectivity index (χ4v) is 4.34. The Morgan fingerprint density at radius 3 is 2.48 bits per heavy atom. The van der Waals surface area contributed by atoms with E-state index in [2.05, 4.69) is 4.72 Å². The Morgan fingerprint density at radius 2 is 1.92 bits per heavy atom. The van der Waals surface area contributed by atoms with E-state index in [9.17, 15) is 22.0 Å². The van der Waals surface area contributed by atoms with Gasteiger partial charge in [-0.25, -0.2) is 21.9 Å². The van der Waals surface area contributed by atoms with E-state index < -0.39 is 27.6 Å². The van der Waals surface area contributed by atoms with Gasteiger partial charge in [0.25, 0.3) is 0 Å². The maximum atomic E-state index is 13.2. The number of rotatable bonds is 8. The van der Waals surface area contributed by atoms with Crippen molar-refractivity contribution in [2.24, 2.45) is 5.92 Å². The van der Waals surface area contributed by atoms with Gasteiger partial charge in [-0.1, -0.05) is 0 Å². The third kappa shape index (κ3) is 4.53. The van der Waals surface area contributed by atoms with Crippen LogP contribution in [0.4, 0.5) is 8.78 Å². The highest BCUT2D eigenvalue weighted by atomic mass is 32.2. The number of carbonyl (C=O) groups is 1. The lowest BCUT2D eigenvalue weighted by Crippen LogP contribution is -2.55. The van der Waals surface area contributed by atoms with E-state index >= 15 is 0 Å². The zero-order valence-electron chi connectivity index (χ0n) is 13.5. The second kappa shape index (κ2) is 6.97. The van der Waals surface area contributed by atoms with Gasteiger partial charge in [0.1, 0.15) is 0 Å². The zero-order chi connectivity index (χ0) is 18.2. The van der Waals surface area contributed by atoms with Gasteiger partial charge in [0.05, 0.1) is 11.4 Å². The molecular weight excluding hydrogens is 354 g/mol. The number of hydrogen-bond acceptors (Lipinski definition) is 4. The maximum absolute atomic E-state index is 13.2. The van der Waals surface area contributed by atoms with Crippen LogP contribution in [0.2, 0.25) is 0 Å². The minimum atomic E-state index is -3.93. The van der Waals surface area contributed by atoms with Gasteiger partial charge in [-0.2, -0.15) is 0 Å². The first kappa shape index (κ1) is 18.2. The van der Waals surface area contributed by atoms with Gasteiger partial charge in [0.15, 0.2) is 11.6 Å². The molecule has 0 radical (unpaired) electrons. The van der Waals surface area contributed by atoms with E-state index in [1.54, 1.807) is 0 Å². The lowest BCUT2D eigenvalue weighted by molar-refractivity contribution is -0.139. The van der Waals surface area contributed by atoms with E-state index in [1.807, 2.05) is 4.90 Å². The molecule has 3 rings (SSSR count). The first-order valence-electron chi connectivity index (χ1n) is 8.18. The van der Waals surface area contributed by atoms with Crippen molar-refractivity contribution in [3.05, 3.63) is 29.8 Å². The average molecular weight is 374 g/mol. The smallest absolute Gasteiger partial charge is 0.317 e. The number of nitrogens with zero attached hydrogens (tertiary/aromatic N) is 1. The Morgan fingerprint density at radius 1 is 1.24 bits per heavy atom. The number of carboxylic acid groups (broad SMARTS) is 1. The van der Waals surface area contributed by atoms with Crippen molar-refractivity contribution in [1.29, 1.82) is 0 Å². The number of benzene rings is 1. The Balaban J connectivity index is 1.57. The summed E-state index contributed by atoms with van der Waals surface area (Å²) in [6, 6.07) is 2.13. The summed E-state index contributed by atoms with van der Waals surface area (Å²) in [5.74, 6) is -2.68. The van der Waals surface area contributed by atoms with Crippen molar-refractivity contribution in [2.45, 2.75) is 42.7 Å². The molecule has 0 saturated heterocycles. The molecule has 0 spiro atoms. The molecule has 2 aliphatic rings. The SMILES string of the molecule is O=C(O)CN(CC1CC1)C1CC(NS(=O)(=O)c2ccc(F)c(F)c2)C1. The molecule has 25 heavy (non-hydrogen) atoms. The molecule has 1 aromatic rings. The van der Waals surface area contributed by atoms with Gasteiger partial charge in [0.2, 0.25) is 10.0 Å². The highest BCUT2D eigenvalue weighted by Crippen LogP contribution is 2.34. The van der Waals surface area contributed by atoms with E-state index in [0.717, 1.165) is 31.5 Å². The number of halogens is 2. The lowest BCUT2D eigenvalue weighted by atomic mass is 9.86. The summed E-state index contributed by atoms with van der Waals surface area (Å²) in [7, 11) is -3.93. The van der Waals surface area contributed by atoms with E-state index in [0.29, 0.717) is 24.8 Å². The second-order valence-electron chi connectivity index (χ2n) is 6.79. The Labute approximate surface area is 144 Å². The standard InChI is InChI=1S/C16H20F2N2O4S/c17-14-4-3-13(7-15(14)18)25(23,24)19-11-5-12(6-11)20(9-16(21)22)8-10-1-2-10/h3-4,7,10-12,19H,1-2,5-6,8-9H2,(H,21,22). The van der Waals surface area contributed by atoms with Crippen LogP contribution in [0.15, 0.2) is 23.1 Å². The molecule has 2 fully saturated rings. The van der Waals surface area contributed by atoms with Gasteiger partial charge in [0, 0.05) is 18.6 Å². The van der Waals surface area contributed by atoms with Crippen LogP contribution in [0.5, 0.6) is 0 Å². The first-order valence-corrected chi connectivity index (χ1v) is 9.66. The molecule has 0 unspecified atom stereocenters. The molecule has 9 heteroatoms. The Bertz CT molecular complexity index is 761. The van der Waals surface area contributed by atoms with Crippen LogP contribution in [0.1, 0.15) is 25.7 Å². The fraction of sp³-hybridized carbons (Fsp3) is 0.562. The van der Waals surface area contributed by atoms with E-state index in [1.165, 1.54) is 0 Å². The van der Waals surface area contributed by atoms with Crippen molar-refractivity contribution in [3.8, 4) is 0 Å². The number of sulfonamides is 1. The molecule has 0 aromatic heterocycles. The third-order valence-electron chi connectivity index (χ3n) is 4.68. The van der Waals surface area contributed by atoms with Crippen LogP contribution >= 0.6 is 0 Å². The van der Waals surface area contributed by atoms with Gasteiger partial charge in [-0.05, 0) is 49.8 Å². The van der Waals surface area contributed by atoms with Crippen LogP contribution in [0.25, 0.3) is 0 Å². The van der Waals surface area contributed by atoms with Gasteiger partial charge in [-0.3, -0.25) is 9.69 Å². The Kier molecular flexibility index (Phi) is 5.08. The Hall–Kier alpha value is -1.58. The molecule has 2 saturated carbocycles. The summed E-state index contributed by atoms with van der Waals surface area (Å²) in [5.41, 5.74) is 0. The summed E-state index contributed by atoms with van der Waals surface area (Å²) in [5, 5.41) is 9.02. The topological polar surface area (TPSA) is 86.7 Å². The van der Waals surface area contributed by atoms with Crippen LogP contribution in [0, 0.1) is 17.6 Å². The zero-order valence-corrected chi connectivity index (χ0v) is 14.3. The van der Waals surface area contributed by atoms with Crippen molar-refractivity contribution >= 4 is 16.0 Å². The molecular formula is C16H20F2N2O4S. The molecule has 0 bridgehead atoms. The molecule has 2 aliphatic carbocycles. The van der Waals surface area contributed by atoms with Crippen LogP contribution in [-0.4, -0.2) is 49.6 Å². The van der Waals surface area contributed by atoms with Crippen LogP contribution in [0.3, 0.4) is 0 Å². The van der Waals surface area contributed by atoms with Crippen molar-refractivity contribution in [1.82, 2.24) is 9.62 Å². The number of nitrogens with one attached hydrogen (secondary N) is 1. The highest BCUT2D eigenvalue weighted by molar-refractivity contribution is 7.89. The molecule has 138 valence electrons. The van der Waals surface area contributed by atoms with Gasteiger partial charge < -0.3 is 5.11 Å². The molecule has 0 heterocycles. The fourth-order valence-electron chi connectivity index (χ4n) is 3.06. The second-order valence-corrected chi connectivity index (χ2v) is 8.50. The van der Waals surface area contributed by atoms with Crippen molar-refractivity contribution < 1.29 is 27.1 Å². The van der Waals surface area contributed by atoms with Crippen LogP contribution < -0.4 is 4.72 Å². The number of carboxylic acids is 1. The van der Waals surface area contributed by atoms with E-state index in [-0.39, 0.29) is 23.5 Å². The van der Waals surface area contributed by atoms with E-state index in [4.69, 9.17) is 5.11 Å². The minimum absolute atomic E-state index is 0.0225. The largest absolute Gasteiger partial charge is 0.480 e. The van der Waals surface area contributed by atoms with Crippen LogP contribution in [-0.2, 0) is 14.8 Å². The average Bonchev–Trinajstić information content (AvgIpc) is 3.28. The number of hydrogen-bond donors (Lipinski definition) is 2. The predicted octanol–water partition coefficient (Wildman–Crippen LogP) is 1.57. The first-order chi connectivity index (χ1) is 11.7. The summed E-state index contributed by atoms with van der Waals surface area (Å²) < 4.78 is 53.1. The quantitative estimate of drug-likeness (QED) is 0.721. The van der Waals surface area contributed by atoms with Gasteiger partial charge >= 0.3 is 5.97 Å². The summed E-state index contributed by atoms with van der Waals surface area (Å²) in [4.78, 5) is 12.6. The predicted molar refractivity (Wildman–Crippen MR) is 85.4 cm³/mol. The summed E-state index contributed by atoms with van der Waals surface area (Å²) >= 11 is 0. The van der Waals surface area contributed by atoms with Gasteiger partial charge in [-0.15, -0.1) is 0 Å². The monoisotopic (exact) mass is 374 g/mol. The summed E-state index contributed by atoms with van der Waals surface area (Å²) in [6.45, 7) is 0.670.